The number of aromatic nitrogens is 2. The molecule has 1 fully saturated rings. The number of H-pyrrole nitrogens is 1. The molecule has 5 rings (SSSR count). The van der Waals surface area contributed by atoms with Crippen LogP contribution >= 0.6 is 0 Å². The van der Waals surface area contributed by atoms with Gasteiger partial charge in [-0.2, -0.15) is 9.40 Å². The van der Waals surface area contributed by atoms with Crippen molar-refractivity contribution in [2.75, 3.05) is 47.3 Å². The monoisotopic (exact) mass is 593 g/mol. The number of nitrogens with zero attached hydrogens (tertiary/aromatic N) is 4. The molecule has 3 aromatic rings. The maximum Gasteiger partial charge on any atom is 0.243 e. The molecule has 0 spiro atoms. The lowest BCUT2D eigenvalue weighted by Gasteiger charge is -2.53. The lowest BCUT2D eigenvalue weighted by atomic mass is 9.62. The number of fused-ring (bicyclic) bond motifs is 2. The van der Waals surface area contributed by atoms with E-state index in [1.165, 1.54) is 17.7 Å². The van der Waals surface area contributed by atoms with E-state index in [1.54, 1.807) is 16.4 Å². The van der Waals surface area contributed by atoms with Crippen LogP contribution in [0.15, 0.2) is 65.2 Å². The zero-order chi connectivity index (χ0) is 30.3. The zero-order valence-electron chi connectivity index (χ0n) is 25.7. The largest absolute Gasteiger partial charge is 0.309 e. The Kier molecular flexibility index (Phi) is 8.51. The maximum atomic E-state index is 14.2. The first kappa shape index (κ1) is 30.6. The van der Waals surface area contributed by atoms with Crippen LogP contribution in [0.1, 0.15) is 62.0 Å². The van der Waals surface area contributed by atoms with E-state index in [9.17, 15) is 12.8 Å². The summed E-state index contributed by atoms with van der Waals surface area (Å²) in [5.74, 6) is -0.284. The highest BCUT2D eigenvalue weighted by molar-refractivity contribution is 7.89. The molecule has 2 atom stereocenters. The molecule has 2 aromatic carbocycles. The molecule has 1 N–H and O–H groups in total. The van der Waals surface area contributed by atoms with Crippen LogP contribution in [0.2, 0.25) is 0 Å². The highest BCUT2D eigenvalue weighted by Crippen LogP contribution is 2.53. The van der Waals surface area contributed by atoms with Crippen LogP contribution in [-0.4, -0.2) is 80.0 Å². The molecule has 42 heavy (non-hydrogen) atoms. The van der Waals surface area contributed by atoms with Crippen molar-refractivity contribution in [2.24, 2.45) is 5.41 Å². The normalized spacial score (nSPS) is 20.4. The molecule has 9 heteroatoms. The van der Waals surface area contributed by atoms with Crippen molar-refractivity contribution < 1.29 is 12.8 Å². The summed E-state index contributed by atoms with van der Waals surface area (Å²) in [4.78, 5) is 4.82. The number of sulfonamides is 1. The summed E-state index contributed by atoms with van der Waals surface area (Å²) < 4.78 is 44.2. The Morgan fingerprint density at radius 1 is 1.05 bits per heavy atom. The van der Waals surface area contributed by atoms with Crippen molar-refractivity contribution in [1.29, 1.82) is 0 Å². The van der Waals surface area contributed by atoms with Crippen LogP contribution in [0.3, 0.4) is 0 Å². The van der Waals surface area contributed by atoms with E-state index in [0.29, 0.717) is 30.8 Å². The van der Waals surface area contributed by atoms with Crippen LogP contribution < -0.4 is 0 Å². The van der Waals surface area contributed by atoms with Crippen LogP contribution in [-0.2, 0) is 21.9 Å². The van der Waals surface area contributed by atoms with Gasteiger partial charge in [-0.1, -0.05) is 50.6 Å². The summed E-state index contributed by atoms with van der Waals surface area (Å²) in [5.41, 5.74) is 4.72. The minimum absolute atomic E-state index is 0.0683. The smallest absolute Gasteiger partial charge is 0.243 e. The van der Waals surface area contributed by atoms with Gasteiger partial charge in [0, 0.05) is 24.5 Å². The molecule has 2 heterocycles. The second-order valence-electron chi connectivity index (χ2n) is 13.3. The van der Waals surface area contributed by atoms with Crippen LogP contribution in [0, 0.1) is 11.2 Å². The highest BCUT2D eigenvalue weighted by atomic mass is 32.2. The molecule has 226 valence electrons. The number of hydrogen-bond donors (Lipinski definition) is 1. The first-order valence-corrected chi connectivity index (χ1v) is 16.2. The number of aromatic amines is 1. The molecule has 0 amide bonds. The van der Waals surface area contributed by atoms with Gasteiger partial charge < -0.3 is 4.90 Å². The summed E-state index contributed by atoms with van der Waals surface area (Å²) in [6, 6.07) is 13.9. The predicted octanol–water partition coefficient (Wildman–Crippen LogP) is 5.49. The van der Waals surface area contributed by atoms with Gasteiger partial charge in [-0.15, -0.1) is 0 Å². The minimum atomic E-state index is -3.76. The summed E-state index contributed by atoms with van der Waals surface area (Å²) >= 11 is 0. The second kappa shape index (κ2) is 11.7. The molecule has 1 aliphatic carbocycles. The molecule has 0 saturated carbocycles. The Morgan fingerprint density at radius 3 is 2.38 bits per heavy atom. The zero-order valence-corrected chi connectivity index (χ0v) is 26.5. The number of piperidine rings is 1. The third kappa shape index (κ3) is 5.97. The van der Waals surface area contributed by atoms with Crippen molar-refractivity contribution >= 4 is 16.1 Å². The SMILES string of the molecule is CN(C)CCCN(C)[C@@H](c1ccc(F)cc1)C12Cc3cn[nH]c3C=C1CCN(S(=O)(=O)c1ccc(C(C)(C)C)cc1)C2. The maximum absolute atomic E-state index is 14.2. The first-order chi connectivity index (χ1) is 19.8. The number of halogens is 1. The third-order valence-electron chi connectivity index (χ3n) is 8.93. The van der Waals surface area contributed by atoms with E-state index < -0.39 is 15.4 Å². The van der Waals surface area contributed by atoms with Gasteiger partial charge in [0.2, 0.25) is 10.0 Å². The van der Waals surface area contributed by atoms with E-state index >= 15 is 0 Å². The molecule has 1 unspecified atom stereocenters. The van der Waals surface area contributed by atoms with E-state index in [-0.39, 0.29) is 17.3 Å². The fourth-order valence-corrected chi connectivity index (χ4v) is 8.23. The number of benzene rings is 2. The third-order valence-corrected chi connectivity index (χ3v) is 10.8. The summed E-state index contributed by atoms with van der Waals surface area (Å²) in [6.45, 7) is 8.85. The van der Waals surface area contributed by atoms with E-state index in [0.717, 1.165) is 41.9 Å². The van der Waals surface area contributed by atoms with Crippen molar-refractivity contribution in [3.05, 3.63) is 88.5 Å². The summed E-state index contributed by atoms with van der Waals surface area (Å²) in [7, 11) is 2.49. The lowest BCUT2D eigenvalue weighted by molar-refractivity contribution is 0.0699. The average Bonchev–Trinajstić information content (AvgIpc) is 3.38. The molecular formula is C33H44FN5O2S. The highest BCUT2D eigenvalue weighted by Gasteiger charge is 2.51. The Labute approximate surface area is 250 Å². The van der Waals surface area contributed by atoms with Crippen molar-refractivity contribution in [3.8, 4) is 0 Å². The second-order valence-corrected chi connectivity index (χ2v) is 15.2. The van der Waals surface area contributed by atoms with Gasteiger partial charge in [-0.3, -0.25) is 10.00 Å². The Morgan fingerprint density at radius 2 is 1.74 bits per heavy atom. The number of hydrogen-bond acceptors (Lipinski definition) is 5. The van der Waals surface area contributed by atoms with Crippen molar-refractivity contribution in [3.63, 3.8) is 0 Å². The van der Waals surface area contributed by atoms with Crippen LogP contribution in [0.25, 0.3) is 6.08 Å². The van der Waals surface area contributed by atoms with Gasteiger partial charge in [0.25, 0.3) is 0 Å². The van der Waals surface area contributed by atoms with Gasteiger partial charge >= 0.3 is 0 Å². The first-order valence-electron chi connectivity index (χ1n) is 14.8. The Hall–Kier alpha value is -2.85. The fourth-order valence-electron chi connectivity index (χ4n) is 6.72. The van der Waals surface area contributed by atoms with Crippen LogP contribution in [0.4, 0.5) is 4.39 Å². The quantitative estimate of drug-likeness (QED) is 0.355. The molecule has 2 aliphatic rings. The number of rotatable bonds is 9. The van der Waals surface area contributed by atoms with Gasteiger partial charge in [-0.25, -0.2) is 12.8 Å². The predicted molar refractivity (Wildman–Crippen MR) is 166 cm³/mol. The van der Waals surface area contributed by atoms with Crippen LogP contribution in [0.5, 0.6) is 0 Å². The van der Waals surface area contributed by atoms with E-state index in [2.05, 4.69) is 68.0 Å². The Bertz CT molecular complexity index is 1520. The van der Waals surface area contributed by atoms with E-state index in [1.807, 2.05) is 30.5 Å². The molecule has 7 nitrogen and oxygen atoms in total. The van der Waals surface area contributed by atoms with Crippen molar-refractivity contribution in [2.45, 2.75) is 56.4 Å². The standard InChI is InChI=1S/C33H44FN5O2S/c1-32(2,3)26-10-14-29(15-11-26)42(40,41)39-19-16-27-20-30-25(22-35-36-30)21-33(27,23-39)31(24-8-12-28(34)13-9-24)38(6)18-7-17-37(4)5/h8-15,20,22,31H,7,16-19,21,23H2,1-6H3,(H,35,36)/t31-,33?/m0/s1. The van der Waals surface area contributed by atoms with Gasteiger partial charge in [0.15, 0.2) is 0 Å². The van der Waals surface area contributed by atoms with Gasteiger partial charge in [0.05, 0.1) is 16.8 Å². The Balaban J connectivity index is 1.58. The minimum Gasteiger partial charge on any atom is -0.309 e. The molecule has 1 aromatic heterocycles. The lowest BCUT2D eigenvalue weighted by Crippen LogP contribution is -2.55. The fraction of sp³-hybridized carbons (Fsp3) is 0.485. The average molecular weight is 594 g/mol. The van der Waals surface area contributed by atoms with Gasteiger partial charge in [-0.05, 0) is 106 Å². The molecule has 1 aliphatic heterocycles. The molecule has 1 saturated heterocycles. The summed E-state index contributed by atoms with van der Waals surface area (Å²) in [5, 5.41) is 7.45. The summed E-state index contributed by atoms with van der Waals surface area (Å²) in [6.07, 6.45) is 6.24. The molecule has 0 bridgehead atoms. The molecular weight excluding hydrogens is 549 g/mol. The number of nitrogens with one attached hydrogen (secondary N) is 1. The molecule has 0 radical (unpaired) electrons. The van der Waals surface area contributed by atoms with Gasteiger partial charge in [0.1, 0.15) is 5.82 Å². The topological polar surface area (TPSA) is 72.5 Å². The van der Waals surface area contributed by atoms with E-state index in [4.69, 9.17) is 0 Å². The van der Waals surface area contributed by atoms with Crippen molar-refractivity contribution in [1.82, 2.24) is 24.3 Å².